The molecule has 2 aromatic carbocycles. The Morgan fingerprint density at radius 3 is 2.58 bits per heavy atom. The van der Waals surface area contributed by atoms with Gasteiger partial charge in [0.05, 0.1) is 26.3 Å². The number of hydrogen-bond donors (Lipinski definition) is 1. The van der Waals surface area contributed by atoms with Gasteiger partial charge in [-0.25, -0.2) is 4.79 Å². The molecule has 6 nitrogen and oxygen atoms in total. The van der Waals surface area contributed by atoms with Crippen molar-refractivity contribution in [3.05, 3.63) is 59.2 Å². The van der Waals surface area contributed by atoms with Gasteiger partial charge in [-0.2, -0.15) is 0 Å². The van der Waals surface area contributed by atoms with Gasteiger partial charge >= 0.3 is 6.09 Å². The maximum atomic E-state index is 11.7. The Hall–Kier alpha value is -3.46. The van der Waals surface area contributed by atoms with Gasteiger partial charge in [0, 0.05) is 5.56 Å². The minimum atomic E-state index is -0.561. The summed E-state index contributed by atoms with van der Waals surface area (Å²) in [5.41, 5.74) is 1.81. The Kier molecular flexibility index (Phi) is 7.07. The molecule has 2 rings (SSSR count). The van der Waals surface area contributed by atoms with Gasteiger partial charge in [-0.3, -0.25) is 4.79 Å². The molecule has 0 unspecified atom stereocenters. The first-order valence-corrected chi connectivity index (χ1v) is 7.82. The molecular formula is C20H19NO5. The molecule has 6 heteroatoms. The normalized spacial score (nSPS) is 9.46. The van der Waals surface area contributed by atoms with Crippen LogP contribution in [0, 0.1) is 11.8 Å². The number of ether oxygens (including phenoxy) is 3. The summed E-state index contributed by atoms with van der Waals surface area (Å²) in [6.07, 6.45) is 0.140. The predicted molar refractivity (Wildman–Crippen MR) is 96.4 cm³/mol. The number of benzene rings is 2. The predicted octanol–water partition coefficient (Wildman–Crippen LogP) is 2.79. The summed E-state index contributed by atoms with van der Waals surface area (Å²) in [5, 5.41) is 2.54. The van der Waals surface area contributed by atoms with Crippen LogP contribution in [0.1, 0.15) is 21.5 Å². The Morgan fingerprint density at radius 1 is 1.15 bits per heavy atom. The highest BCUT2D eigenvalue weighted by molar-refractivity contribution is 5.78. The molecule has 1 amide bonds. The minimum absolute atomic E-state index is 0.0877. The van der Waals surface area contributed by atoms with E-state index in [1.54, 1.807) is 12.1 Å². The summed E-state index contributed by atoms with van der Waals surface area (Å²) in [5.74, 6) is 6.49. The monoisotopic (exact) mass is 353 g/mol. The van der Waals surface area contributed by atoms with Crippen LogP contribution in [0.2, 0.25) is 0 Å². The fourth-order valence-electron chi connectivity index (χ4n) is 2.18. The third kappa shape index (κ3) is 5.28. The van der Waals surface area contributed by atoms with Crippen molar-refractivity contribution in [1.29, 1.82) is 0 Å². The number of hydrogen-bond acceptors (Lipinski definition) is 5. The van der Waals surface area contributed by atoms with E-state index in [2.05, 4.69) is 17.2 Å². The van der Waals surface area contributed by atoms with Gasteiger partial charge in [-0.15, -0.1) is 0 Å². The van der Waals surface area contributed by atoms with Gasteiger partial charge in [-0.05, 0) is 17.7 Å². The lowest BCUT2D eigenvalue weighted by atomic mass is 10.1. The van der Waals surface area contributed by atoms with Gasteiger partial charge in [0.15, 0.2) is 11.5 Å². The average molecular weight is 353 g/mol. The molecule has 0 fully saturated rings. The third-order valence-corrected chi connectivity index (χ3v) is 3.39. The number of nitrogens with one attached hydrogen (secondary N) is 1. The van der Waals surface area contributed by atoms with Crippen molar-refractivity contribution in [3.8, 4) is 23.3 Å². The first kappa shape index (κ1) is 18.9. The molecule has 0 aliphatic heterocycles. The van der Waals surface area contributed by atoms with E-state index >= 15 is 0 Å². The van der Waals surface area contributed by atoms with Crippen LogP contribution in [0.25, 0.3) is 0 Å². The van der Waals surface area contributed by atoms with Crippen LogP contribution in [0.15, 0.2) is 42.5 Å². The third-order valence-electron chi connectivity index (χ3n) is 3.39. The van der Waals surface area contributed by atoms with Crippen molar-refractivity contribution >= 4 is 12.4 Å². The van der Waals surface area contributed by atoms with Gasteiger partial charge in [0.2, 0.25) is 0 Å². The summed E-state index contributed by atoms with van der Waals surface area (Å²) in [4.78, 5) is 22.7. The summed E-state index contributed by atoms with van der Waals surface area (Å²) < 4.78 is 15.6. The number of alkyl carbamates (subject to hydrolysis) is 1. The summed E-state index contributed by atoms with van der Waals surface area (Å²) in [6, 6.07) is 12.5. The summed E-state index contributed by atoms with van der Waals surface area (Å²) in [7, 11) is 2.97. The Labute approximate surface area is 152 Å². The minimum Gasteiger partial charge on any atom is -0.493 e. The second kappa shape index (κ2) is 9.74. The molecule has 0 aliphatic carbocycles. The second-order valence-electron chi connectivity index (χ2n) is 5.14. The van der Waals surface area contributed by atoms with E-state index in [0.29, 0.717) is 28.9 Å². The number of methoxy groups -OCH3 is 2. The Balaban J connectivity index is 1.95. The number of rotatable bonds is 6. The first-order chi connectivity index (χ1) is 12.7. The van der Waals surface area contributed by atoms with Crippen LogP contribution in [0.3, 0.4) is 0 Å². The van der Waals surface area contributed by atoms with E-state index in [0.717, 1.165) is 5.56 Å². The molecule has 0 saturated carbocycles. The topological polar surface area (TPSA) is 73.9 Å². The summed E-state index contributed by atoms with van der Waals surface area (Å²) >= 11 is 0. The molecule has 0 aromatic heterocycles. The van der Waals surface area contributed by atoms with Gasteiger partial charge in [0.25, 0.3) is 0 Å². The fraction of sp³-hybridized carbons (Fsp3) is 0.200. The maximum absolute atomic E-state index is 11.7. The standard InChI is InChI=1S/C20H19NO5/c1-24-18-12-16(13-22)11-17(19(18)25-2)9-6-10-21-20(23)26-14-15-7-4-3-5-8-15/h3-5,7-8,11-13H,10,14H2,1-2H3,(H,21,23). The SMILES string of the molecule is COc1cc(C=O)cc(C#CCNC(=O)OCc2ccccc2)c1OC. The lowest BCUT2D eigenvalue weighted by molar-refractivity contribution is 0.112. The van der Waals surface area contributed by atoms with Crippen molar-refractivity contribution in [1.82, 2.24) is 5.32 Å². The Morgan fingerprint density at radius 2 is 1.92 bits per heavy atom. The smallest absolute Gasteiger partial charge is 0.408 e. The van der Waals surface area contributed by atoms with E-state index in [1.165, 1.54) is 14.2 Å². The number of carbonyl (C=O) groups excluding carboxylic acids is 2. The van der Waals surface area contributed by atoms with Crippen LogP contribution < -0.4 is 14.8 Å². The average Bonchev–Trinajstić information content (AvgIpc) is 2.69. The van der Waals surface area contributed by atoms with Crippen molar-refractivity contribution < 1.29 is 23.8 Å². The second-order valence-corrected chi connectivity index (χ2v) is 5.14. The van der Waals surface area contributed by atoms with Crippen molar-refractivity contribution in [3.63, 3.8) is 0 Å². The lowest BCUT2D eigenvalue weighted by Gasteiger charge is -2.10. The molecule has 0 atom stereocenters. The quantitative estimate of drug-likeness (QED) is 0.638. The summed E-state index contributed by atoms with van der Waals surface area (Å²) in [6.45, 7) is 0.275. The molecule has 0 saturated heterocycles. The lowest BCUT2D eigenvalue weighted by Crippen LogP contribution is -2.24. The molecule has 0 radical (unpaired) electrons. The number of aldehydes is 1. The number of carbonyl (C=O) groups is 2. The van der Waals surface area contributed by atoms with Crippen LogP contribution >= 0.6 is 0 Å². The molecular weight excluding hydrogens is 334 g/mol. The van der Waals surface area contributed by atoms with E-state index in [9.17, 15) is 9.59 Å². The van der Waals surface area contributed by atoms with Crippen molar-refractivity contribution in [2.24, 2.45) is 0 Å². The van der Waals surface area contributed by atoms with E-state index in [4.69, 9.17) is 14.2 Å². The highest BCUT2D eigenvalue weighted by Crippen LogP contribution is 2.31. The van der Waals surface area contributed by atoms with E-state index < -0.39 is 6.09 Å². The molecule has 26 heavy (non-hydrogen) atoms. The molecule has 134 valence electrons. The van der Waals surface area contributed by atoms with Crippen molar-refractivity contribution in [2.45, 2.75) is 6.61 Å². The largest absolute Gasteiger partial charge is 0.493 e. The zero-order chi connectivity index (χ0) is 18.8. The molecule has 1 N–H and O–H groups in total. The Bertz CT molecular complexity index is 821. The van der Waals surface area contributed by atoms with E-state index in [-0.39, 0.29) is 13.2 Å². The van der Waals surface area contributed by atoms with Gasteiger partial charge in [-0.1, -0.05) is 42.2 Å². The van der Waals surface area contributed by atoms with Crippen LogP contribution in [-0.4, -0.2) is 33.1 Å². The number of amides is 1. The van der Waals surface area contributed by atoms with Crippen molar-refractivity contribution in [2.75, 3.05) is 20.8 Å². The highest BCUT2D eigenvalue weighted by Gasteiger charge is 2.10. The first-order valence-electron chi connectivity index (χ1n) is 7.82. The molecule has 0 aliphatic rings. The molecule has 2 aromatic rings. The van der Waals surface area contributed by atoms with Gasteiger partial charge in [0.1, 0.15) is 12.9 Å². The van der Waals surface area contributed by atoms with Crippen LogP contribution in [0.5, 0.6) is 11.5 Å². The molecule has 0 bridgehead atoms. The fourth-order valence-corrected chi connectivity index (χ4v) is 2.18. The zero-order valence-electron chi connectivity index (χ0n) is 14.6. The van der Waals surface area contributed by atoms with Gasteiger partial charge < -0.3 is 19.5 Å². The molecule has 0 heterocycles. The highest BCUT2D eigenvalue weighted by atomic mass is 16.5. The van der Waals surface area contributed by atoms with E-state index in [1.807, 2.05) is 30.3 Å². The van der Waals surface area contributed by atoms with Crippen LogP contribution in [-0.2, 0) is 11.3 Å². The molecule has 0 spiro atoms. The van der Waals surface area contributed by atoms with Crippen LogP contribution in [0.4, 0.5) is 4.79 Å². The maximum Gasteiger partial charge on any atom is 0.408 e. The zero-order valence-corrected chi connectivity index (χ0v) is 14.6.